The molecule has 2 aliphatic rings. The molecule has 0 spiro atoms. The first-order valence-corrected chi connectivity index (χ1v) is 13.9. The molecule has 2 heterocycles. The molecule has 2 saturated heterocycles. The van der Waals surface area contributed by atoms with Crippen LogP contribution in [0.3, 0.4) is 0 Å². The lowest BCUT2D eigenvalue weighted by molar-refractivity contribution is -0.238. The third-order valence-electron chi connectivity index (χ3n) is 6.03. The number of ether oxygens (including phenoxy) is 7. The smallest absolute Gasteiger partial charge is 0.303 e. The van der Waals surface area contributed by atoms with Crippen LogP contribution < -0.4 is 0 Å². The van der Waals surface area contributed by atoms with E-state index in [1.165, 1.54) is 0 Å². The topological polar surface area (TPSA) is 170 Å². The van der Waals surface area contributed by atoms with Gasteiger partial charge in [0.05, 0.1) is 29.3 Å². The van der Waals surface area contributed by atoms with Crippen LogP contribution >= 0.6 is 0 Å². The first-order chi connectivity index (χ1) is 19.0. The van der Waals surface area contributed by atoms with Crippen molar-refractivity contribution in [3.05, 3.63) is 35.9 Å². The predicted octanol–water partition coefficient (Wildman–Crippen LogP) is 0.511. The number of aliphatic hydroxyl groups is 1. The van der Waals surface area contributed by atoms with Crippen LogP contribution in [0.5, 0.6) is 0 Å². The van der Waals surface area contributed by atoms with E-state index in [9.17, 15) is 28.5 Å². The van der Waals surface area contributed by atoms with E-state index in [1.807, 2.05) is 30.3 Å². The van der Waals surface area contributed by atoms with Crippen LogP contribution in [0.15, 0.2) is 30.3 Å². The first kappa shape index (κ1) is 31.6. The summed E-state index contributed by atoms with van der Waals surface area (Å²) in [5, 5.41) is 9.88. The van der Waals surface area contributed by atoms with Gasteiger partial charge >= 0.3 is 23.9 Å². The Morgan fingerprint density at radius 1 is 0.900 bits per heavy atom. The van der Waals surface area contributed by atoms with Gasteiger partial charge in [0.2, 0.25) is 0 Å². The van der Waals surface area contributed by atoms with E-state index >= 15 is 0 Å². The van der Waals surface area contributed by atoms with Gasteiger partial charge < -0.3 is 38.3 Å². The van der Waals surface area contributed by atoms with E-state index in [2.05, 4.69) is 0 Å². The zero-order valence-electron chi connectivity index (χ0n) is 22.6. The van der Waals surface area contributed by atoms with Crippen LogP contribution in [-0.4, -0.2) is 93.9 Å². The van der Waals surface area contributed by atoms with E-state index in [0.29, 0.717) is 0 Å². The maximum absolute atomic E-state index is 13.8. The van der Waals surface area contributed by atoms with Gasteiger partial charge in [-0.2, -0.15) is 0 Å². The molecule has 3 rings (SSSR count). The molecular weight excluding hydrogens is 552 g/mol. The molecule has 0 amide bonds. The maximum Gasteiger partial charge on any atom is 0.303 e. The monoisotopic (exact) mass is 586 g/mol. The van der Waals surface area contributed by atoms with Gasteiger partial charge in [0.25, 0.3) is 0 Å². The normalized spacial score (nSPS) is 30.9. The SMILES string of the molecule is CC(=O)OC[C@H]1O[C@@H](S(=O)[C@@H]2CO[C@@H](OCc3ccccc3)[C@@H](O)C2)[C@H](OC(C)=O)[C@@H](OC(C)=O)[C@H]1OC(C)=O. The summed E-state index contributed by atoms with van der Waals surface area (Å²) in [4.78, 5) is 47.4. The van der Waals surface area contributed by atoms with Crippen molar-refractivity contribution in [2.45, 2.75) is 88.2 Å². The second-order valence-corrected chi connectivity index (χ2v) is 11.1. The molecule has 1 N–H and O–H groups in total. The summed E-state index contributed by atoms with van der Waals surface area (Å²) in [6, 6.07) is 9.28. The van der Waals surface area contributed by atoms with Crippen molar-refractivity contribution in [1.82, 2.24) is 0 Å². The highest BCUT2D eigenvalue weighted by Gasteiger charge is 2.55. The molecule has 40 heavy (non-hydrogen) atoms. The van der Waals surface area contributed by atoms with Crippen LogP contribution in [0.25, 0.3) is 0 Å². The summed E-state index contributed by atoms with van der Waals surface area (Å²) in [6.07, 6.45) is -7.62. The lowest BCUT2D eigenvalue weighted by Crippen LogP contribution is -2.64. The molecule has 0 saturated carbocycles. The number of carbonyl (C=O) groups is 4. The molecule has 0 aliphatic carbocycles. The molecule has 222 valence electrons. The number of hydrogen-bond acceptors (Lipinski definition) is 13. The Labute approximate surface area is 233 Å². The van der Waals surface area contributed by atoms with E-state index in [1.54, 1.807) is 0 Å². The van der Waals surface area contributed by atoms with Gasteiger partial charge in [0.1, 0.15) is 18.8 Å². The predicted molar refractivity (Wildman–Crippen MR) is 135 cm³/mol. The van der Waals surface area contributed by atoms with E-state index < -0.39 is 88.8 Å². The third-order valence-corrected chi connectivity index (χ3v) is 7.85. The molecule has 0 aromatic heterocycles. The summed E-state index contributed by atoms with van der Waals surface area (Å²) in [6.45, 7) is 4.10. The molecule has 0 radical (unpaired) electrons. The molecule has 13 nitrogen and oxygen atoms in total. The summed E-state index contributed by atoms with van der Waals surface area (Å²) in [5.41, 5.74) is -0.551. The molecule has 14 heteroatoms. The minimum atomic E-state index is -2.03. The number of rotatable bonds is 10. The Bertz CT molecular complexity index is 1060. The molecule has 1 unspecified atom stereocenters. The highest BCUT2D eigenvalue weighted by molar-refractivity contribution is 7.86. The Morgan fingerprint density at radius 2 is 1.50 bits per heavy atom. The van der Waals surface area contributed by atoms with Gasteiger partial charge in [-0.1, -0.05) is 30.3 Å². The molecule has 0 bridgehead atoms. The lowest BCUT2D eigenvalue weighted by atomic mass is 9.99. The van der Waals surface area contributed by atoms with Gasteiger partial charge in [0, 0.05) is 27.7 Å². The summed E-state index contributed by atoms with van der Waals surface area (Å²) in [5.74, 6) is -3.04. The fourth-order valence-electron chi connectivity index (χ4n) is 4.40. The van der Waals surface area contributed by atoms with Crippen molar-refractivity contribution < 1.29 is 61.7 Å². The molecular formula is C26H34O13S. The second kappa shape index (κ2) is 14.6. The highest BCUT2D eigenvalue weighted by Crippen LogP contribution is 2.33. The van der Waals surface area contributed by atoms with Crippen LogP contribution in [0.1, 0.15) is 39.7 Å². The minimum Gasteiger partial charge on any atom is -0.463 e. The summed E-state index contributed by atoms with van der Waals surface area (Å²) < 4.78 is 52.3. The van der Waals surface area contributed by atoms with E-state index in [0.717, 1.165) is 33.3 Å². The van der Waals surface area contributed by atoms with E-state index in [4.69, 9.17) is 33.2 Å². The van der Waals surface area contributed by atoms with Crippen molar-refractivity contribution in [3.63, 3.8) is 0 Å². The van der Waals surface area contributed by atoms with Crippen LogP contribution in [0.2, 0.25) is 0 Å². The zero-order valence-corrected chi connectivity index (χ0v) is 23.4. The highest BCUT2D eigenvalue weighted by atomic mass is 32.2. The number of esters is 4. The Kier molecular flexibility index (Phi) is 11.6. The number of carbonyl (C=O) groups excluding carboxylic acids is 4. The third kappa shape index (κ3) is 8.80. The Hall–Kier alpha value is -2.91. The molecule has 9 atom stereocenters. The van der Waals surface area contributed by atoms with Gasteiger partial charge in [-0.25, -0.2) is 0 Å². The van der Waals surface area contributed by atoms with Crippen molar-refractivity contribution in [1.29, 1.82) is 0 Å². The molecule has 2 aliphatic heterocycles. The fourth-order valence-corrected chi connectivity index (χ4v) is 6.11. The average Bonchev–Trinajstić information content (AvgIpc) is 2.88. The van der Waals surface area contributed by atoms with Crippen molar-refractivity contribution in [3.8, 4) is 0 Å². The summed E-state index contributed by atoms with van der Waals surface area (Å²) >= 11 is 0. The quantitative estimate of drug-likeness (QED) is 0.297. The minimum absolute atomic E-state index is 0.0149. The second-order valence-electron chi connectivity index (χ2n) is 9.32. The van der Waals surface area contributed by atoms with E-state index in [-0.39, 0.29) is 19.6 Å². The molecule has 1 aromatic carbocycles. The summed E-state index contributed by atoms with van der Waals surface area (Å²) in [7, 11) is -2.03. The van der Waals surface area contributed by atoms with Crippen molar-refractivity contribution in [2.75, 3.05) is 13.2 Å². The van der Waals surface area contributed by atoms with Crippen LogP contribution in [0, 0.1) is 0 Å². The van der Waals surface area contributed by atoms with Crippen LogP contribution in [-0.2, 0) is 69.7 Å². The maximum atomic E-state index is 13.8. The number of benzene rings is 1. The first-order valence-electron chi connectivity index (χ1n) is 12.6. The zero-order chi connectivity index (χ0) is 29.4. The van der Waals surface area contributed by atoms with Gasteiger partial charge in [-0.3, -0.25) is 23.4 Å². The standard InChI is InChI=1S/C26H34O13S/c1-14(27)33-13-21-22(36-15(2)28)23(37-16(3)29)24(38-17(4)30)26(39-21)40(32)19-10-20(31)25(35-12-19)34-11-18-8-6-5-7-9-18/h5-9,19-26,31H,10-13H2,1-4H3/t19-,20-,21+,22-,23-,24+,25+,26-,40?/m0/s1. The fraction of sp³-hybridized carbons (Fsp3) is 0.615. The number of aliphatic hydroxyl groups excluding tert-OH is 1. The Balaban J connectivity index is 1.82. The molecule has 2 fully saturated rings. The van der Waals surface area contributed by atoms with Gasteiger partial charge in [-0.15, -0.1) is 0 Å². The van der Waals surface area contributed by atoms with Gasteiger partial charge in [-0.05, 0) is 12.0 Å². The van der Waals surface area contributed by atoms with Crippen molar-refractivity contribution in [2.24, 2.45) is 0 Å². The largest absolute Gasteiger partial charge is 0.463 e. The van der Waals surface area contributed by atoms with Gasteiger partial charge in [0.15, 0.2) is 30.0 Å². The number of hydrogen-bond donors (Lipinski definition) is 1. The van der Waals surface area contributed by atoms with Crippen LogP contribution in [0.4, 0.5) is 0 Å². The Morgan fingerprint density at radius 3 is 2.08 bits per heavy atom. The lowest BCUT2D eigenvalue weighted by Gasteiger charge is -2.45. The average molecular weight is 587 g/mol. The molecule has 1 aromatic rings. The van der Waals surface area contributed by atoms with Crippen molar-refractivity contribution >= 4 is 34.7 Å².